The van der Waals surface area contributed by atoms with Crippen LogP contribution in [0.5, 0.6) is 5.75 Å². The highest BCUT2D eigenvalue weighted by atomic mass is 16.3. The Morgan fingerprint density at radius 2 is 1.91 bits per heavy atom. The second-order valence-corrected chi connectivity index (χ2v) is 9.01. The fourth-order valence-electron chi connectivity index (χ4n) is 4.58. The van der Waals surface area contributed by atoms with Crippen LogP contribution in [0, 0.1) is 0 Å². The van der Waals surface area contributed by atoms with Crippen molar-refractivity contribution in [3.05, 3.63) is 54.5 Å². The summed E-state index contributed by atoms with van der Waals surface area (Å²) in [6.07, 6.45) is 9.13. The summed E-state index contributed by atoms with van der Waals surface area (Å²) in [5, 5.41) is 26.4. The molecule has 0 amide bonds. The second-order valence-electron chi connectivity index (χ2n) is 9.01. The molecular weight excluding hydrogens is 442 g/mol. The Morgan fingerprint density at radius 3 is 2.63 bits per heavy atom. The molecule has 5 rings (SSSR count). The molecule has 35 heavy (non-hydrogen) atoms. The molecule has 0 saturated heterocycles. The van der Waals surface area contributed by atoms with Gasteiger partial charge in [-0.05, 0) is 43.0 Å². The van der Waals surface area contributed by atoms with Crippen molar-refractivity contribution in [2.24, 2.45) is 0 Å². The first kappa shape index (κ1) is 23.0. The summed E-state index contributed by atoms with van der Waals surface area (Å²) in [5.41, 5.74) is 3.93. The van der Waals surface area contributed by atoms with Crippen molar-refractivity contribution in [3.63, 3.8) is 0 Å². The van der Waals surface area contributed by atoms with Gasteiger partial charge in [-0.1, -0.05) is 38.0 Å². The maximum Gasteiger partial charge on any atom is 0.227 e. The van der Waals surface area contributed by atoms with Crippen LogP contribution < -0.4 is 10.6 Å². The molecule has 1 aromatic carbocycles. The minimum Gasteiger partial charge on any atom is -0.507 e. The topological polar surface area (TPSA) is 121 Å². The summed E-state index contributed by atoms with van der Waals surface area (Å²) in [6, 6.07) is 11.3. The number of pyridine rings is 1. The van der Waals surface area contributed by atoms with Crippen LogP contribution in [0.4, 0.5) is 11.8 Å². The third kappa shape index (κ3) is 4.90. The first-order valence-electron chi connectivity index (χ1n) is 12.3. The molecule has 4 aromatic rings. The summed E-state index contributed by atoms with van der Waals surface area (Å²) in [6.45, 7) is 2.53. The lowest BCUT2D eigenvalue weighted by Gasteiger charge is -2.17. The number of benzene rings is 1. The Bertz CT molecular complexity index is 1280. The molecule has 182 valence electrons. The molecule has 1 atom stereocenters. The lowest BCUT2D eigenvalue weighted by atomic mass is 10.1. The van der Waals surface area contributed by atoms with Crippen LogP contribution in [0.15, 0.2) is 48.9 Å². The fraction of sp³-hybridized carbons (Fsp3) is 0.385. The average Bonchev–Trinajstić information content (AvgIpc) is 3.56. The third-order valence-corrected chi connectivity index (χ3v) is 6.65. The van der Waals surface area contributed by atoms with E-state index in [1.54, 1.807) is 18.3 Å². The van der Waals surface area contributed by atoms with Gasteiger partial charge in [-0.2, -0.15) is 9.97 Å². The number of aromatic hydroxyl groups is 1. The van der Waals surface area contributed by atoms with E-state index in [2.05, 4.69) is 25.2 Å². The molecule has 0 unspecified atom stereocenters. The predicted octanol–water partition coefficient (Wildman–Crippen LogP) is 4.50. The molecular formula is C26H31N7O2. The summed E-state index contributed by atoms with van der Waals surface area (Å²) in [4.78, 5) is 18.7. The first-order valence-corrected chi connectivity index (χ1v) is 12.3. The van der Waals surface area contributed by atoms with E-state index in [-0.39, 0.29) is 18.4 Å². The number of hydrogen-bond acceptors (Lipinski definition) is 8. The van der Waals surface area contributed by atoms with Crippen LogP contribution in [0.3, 0.4) is 0 Å². The predicted molar refractivity (Wildman–Crippen MR) is 136 cm³/mol. The van der Waals surface area contributed by atoms with Crippen molar-refractivity contribution >= 4 is 22.9 Å². The monoisotopic (exact) mass is 473 g/mol. The van der Waals surface area contributed by atoms with Gasteiger partial charge >= 0.3 is 0 Å². The minimum atomic E-state index is -0.116. The van der Waals surface area contributed by atoms with Gasteiger partial charge < -0.3 is 25.4 Å². The van der Waals surface area contributed by atoms with Gasteiger partial charge in [0.05, 0.1) is 24.7 Å². The number of aliphatic hydroxyl groups is 1. The number of phenols is 1. The van der Waals surface area contributed by atoms with Crippen LogP contribution in [-0.2, 0) is 6.54 Å². The molecule has 9 heteroatoms. The van der Waals surface area contributed by atoms with Crippen LogP contribution >= 0.6 is 0 Å². The zero-order valence-electron chi connectivity index (χ0n) is 19.9. The molecule has 3 heterocycles. The van der Waals surface area contributed by atoms with Gasteiger partial charge in [0, 0.05) is 24.3 Å². The van der Waals surface area contributed by atoms with Gasteiger partial charge in [0.15, 0.2) is 17.0 Å². The molecule has 3 aromatic heterocycles. The summed E-state index contributed by atoms with van der Waals surface area (Å²) < 4.78 is 2.17. The highest BCUT2D eigenvalue weighted by molar-refractivity contribution is 5.84. The molecule has 1 fully saturated rings. The number of phenolic OH excluding ortho intramolecular Hbond substituents is 1. The van der Waals surface area contributed by atoms with E-state index in [1.807, 2.05) is 37.5 Å². The molecule has 0 radical (unpaired) electrons. The quantitative estimate of drug-likeness (QED) is 0.280. The maximum atomic E-state index is 10.1. The molecule has 1 saturated carbocycles. The lowest BCUT2D eigenvalue weighted by Crippen LogP contribution is -2.24. The molecule has 4 N–H and O–H groups in total. The number of anilines is 2. The number of imidazole rings is 1. The van der Waals surface area contributed by atoms with Crippen LogP contribution in [0.2, 0.25) is 0 Å². The number of fused-ring (bicyclic) bond motifs is 1. The van der Waals surface area contributed by atoms with Gasteiger partial charge in [-0.25, -0.2) is 4.98 Å². The van der Waals surface area contributed by atoms with Crippen molar-refractivity contribution in [3.8, 4) is 17.0 Å². The highest BCUT2D eigenvalue weighted by Crippen LogP contribution is 2.33. The smallest absolute Gasteiger partial charge is 0.227 e. The average molecular weight is 474 g/mol. The molecule has 0 bridgehead atoms. The Kier molecular flexibility index (Phi) is 6.76. The van der Waals surface area contributed by atoms with Gasteiger partial charge in [-0.15, -0.1) is 0 Å². The second kappa shape index (κ2) is 10.3. The van der Waals surface area contributed by atoms with Crippen molar-refractivity contribution in [2.45, 2.75) is 57.7 Å². The van der Waals surface area contributed by atoms with Crippen LogP contribution in [-0.4, -0.2) is 47.4 Å². The van der Waals surface area contributed by atoms with Crippen molar-refractivity contribution in [1.29, 1.82) is 0 Å². The minimum absolute atomic E-state index is 0.0114. The molecule has 1 aliphatic rings. The lowest BCUT2D eigenvalue weighted by molar-refractivity contribution is 0.271. The Hall–Kier alpha value is -3.72. The number of hydrogen-bond donors (Lipinski definition) is 4. The van der Waals surface area contributed by atoms with Gasteiger partial charge in [-0.3, -0.25) is 4.98 Å². The maximum absolute atomic E-state index is 10.1. The first-order chi connectivity index (χ1) is 17.2. The number of rotatable bonds is 9. The Balaban J connectivity index is 1.41. The van der Waals surface area contributed by atoms with Gasteiger partial charge in [0.1, 0.15) is 5.75 Å². The Labute approximate surface area is 204 Å². The van der Waals surface area contributed by atoms with E-state index in [1.165, 1.54) is 12.8 Å². The van der Waals surface area contributed by atoms with E-state index in [0.717, 1.165) is 36.0 Å². The number of aromatic nitrogens is 5. The summed E-state index contributed by atoms with van der Waals surface area (Å²) in [7, 11) is 0. The zero-order valence-corrected chi connectivity index (χ0v) is 19.9. The SMILES string of the molecule is CC[C@H](CO)Nc1nc(NCc2ccc(-c3ccccc3O)nc2)c2ncn(C3CCCC3)c2n1. The fourth-order valence-corrected chi connectivity index (χ4v) is 4.58. The normalized spacial score (nSPS) is 14.9. The third-order valence-electron chi connectivity index (χ3n) is 6.65. The van der Waals surface area contributed by atoms with Crippen LogP contribution in [0.1, 0.15) is 50.6 Å². The van der Waals surface area contributed by atoms with Gasteiger partial charge in [0.2, 0.25) is 5.95 Å². The molecule has 9 nitrogen and oxygen atoms in total. The van der Waals surface area contributed by atoms with Gasteiger partial charge in [0.25, 0.3) is 0 Å². The van der Waals surface area contributed by atoms with E-state index in [0.29, 0.717) is 35.6 Å². The molecule has 0 spiro atoms. The van der Waals surface area contributed by atoms with Crippen LogP contribution in [0.25, 0.3) is 22.4 Å². The van der Waals surface area contributed by atoms with E-state index in [9.17, 15) is 10.2 Å². The van der Waals surface area contributed by atoms with Crippen molar-refractivity contribution < 1.29 is 10.2 Å². The summed E-state index contributed by atoms with van der Waals surface area (Å²) in [5.74, 6) is 1.33. The highest BCUT2D eigenvalue weighted by Gasteiger charge is 2.22. The summed E-state index contributed by atoms with van der Waals surface area (Å²) >= 11 is 0. The number of nitrogens with zero attached hydrogens (tertiary/aromatic N) is 5. The van der Waals surface area contributed by atoms with E-state index in [4.69, 9.17) is 9.97 Å². The number of nitrogens with one attached hydrogen (secondary N) is 2. The number of para-hydroxylation sites is 1. The van der Waals surface area contributed by atoms with E-state index >= 15 is 0 Å². The molecule has 1 aliphatic carbocycles. The van der Waals surface area contributed by atoms with Crippen molar-refractivity contribution in [2.75, 3.05) is 17.2 Å². The van der Waals surface area contributed by atoms with Crippen molar-refractivity contribution in [1.82, 2.24) is 24.5 Å². The standard InChI is InChI=1S/C26H31N7O2/c1-2-18(15-34)30-26-31-24(23-25(32-26)33(16-29-23)19-7-3-4-8-19)28-14-17-11-12-21(27-13-17)20-9-5-6-10-22(20)35/h5-6,9-13,16,18-19,34-35H,2-4,7-8,14-15H2,1H3,(H2,28,30,31,32)/t18-/m1/s1. The number of aliphatic hydroxyl groups excluding tert-OH is 1. The van der Waals surface area contributed by atoms with E-state index < -0.39 is 0 Å². The Morgan fingerprint density at radius 1 is 1.09 bits per heavy atom. The molecule has 0 aliphatic heterocycles. The largest absolute Gasteiger partial charge is 0.507 e. The zero-order chi connectivity index (χ0) is 24.2.